The van der Waals surface area contributed by atoms with Gasteiger partial charge in [0.05, 0.1) is 27.8 Å². The predicted octanol–water partition coefficient (Wildman–Crippen LogP) is -0.601. The first-order valence-electron chi connectivity index (χ1n) is 5.13. The highest BCUT2D eigenvalue weighted by Crippen LogP contribution is 2.35. The van der Waals surface area contributed by atoms with Crippen LogP contribution in [-0.2, 0) is 29.0 Å². The SMILES string of the molecule is Nc1cc(S(=O)(=O)O)ccc1S(=O)(=O)CCOP(=O)(O)O. The van der Waals surface area contributed by atoms with Crippen molar-refractivity contribution in [2.24, 2.45) is 0 Å². The Bertz CT molecular complexity index is 780. The van der Waals surface area contributed by atoms with Crippen LogP contribution in [0.3, 0.4) is 0 Å². The third-order valence-corrected chi connectivity index (χ3v) is 5.34. The van der Waals surface area contributed by atoms with E-state index in [4.69, 9.17) is 20.1 Å². The molecule has 0 bridgehead atoms. The molecule has 0 radical (unpaired) electrons. The summed E-state index contributed by atoms with van der Waals surface area (Å²) in [7, 11) is -13.4. The molecule has 0 saturated carbocycles. The molecule has 0 atom stereocenters. The van der Waals surface area contributed by atoms with Crippen molar-refractivity contribution in [2.45, 2.75) is 9.79 Å². The molecule has 10 nitrogen and oxygen atoms in total. The van der Waals surface area contributed by atoms with Crippen molar-refractivity contribution in [1.82, 2.24) is 0 Å². The molecule has 120 valence electrons. The van der Waals surface area contributed by atoms with Crippen molar-refractivity contribution < 1.29 is 40.3 Å². The Kier molecular flexibility index (Phi) is 5.16. The van der Waals surface area contributed by atoms with Crippen LogP contribution < -0.4 is 5.73 Å². The van der Waals surface area contributed by atoms with Crippen LogP contribution in [0.25, 0.3) is 0 Å². The van der Waals surface area contributed by atoms with Gasteiger partial charge in [-0.25, -0.2) is 13.0 Å². The molecule has 0 aliphatic carbocycles. The van der Waals surface area contributed by atoms with Crippen LogP contribution in [0.4, 0.5) is 5.69 Å². The zero-order valence-electron chi connectivity index (χ0n) is 10.3. The first-order valence-corrected chi connectivity index (χ1v) is 9.75. The minimum Gasteiger partial charge on any atom is -0.398 e. The van der Waals surface area contributed by atoms with Crippen LogP contribution in [0, 0.1) is 0 Å². The highest BCUT2D eigenvalue weighted by Gasteiger charge is 2.22. The van der Waals surface area contributed by atoms with Gasteiger partial charge in [-0.1, -0.05) is 0 Å². The summed E-state index contributed by atoms with van der Waals surface area (Å²) in [5.74, 6) is -0.770. The lowest BCUT2D eigenvalue weighted by atomic mass is 10.3. The van der Waals surface area contributed by atoms with Crippen LogP contribution in [0.2, 0.25) is 0 Å². The first kappa shape index (κ1) is 18.0. The molecule has 21 heavy (non-hydrogen) atoms. The van der Waals surface area contributed by atoms with E-state index in [1.807, 2.05) is 0 Å². The molecule has 0 unspecified atom stereocenters. The normalized spacial score (nSPS) is 13.3. The number of rotatable bonds is 6. The summed E-state index contributed by atoms with van der Waals surface area (Å²) in [6.07, 6.45) is 0. The minimum atomic E-state index is -4.79. The van der Waals surface area contributed by atoms with E-state index in [1.165, 1.54) is 0 Å². The van der Waals surface area contributed by atoms with Crippen LogP contribution in [0.1, 0.15) is 0 Å². The van der Waals surface area contributed by atoms with E-state index in [9.17, 15) is 21.4 Å². The number of sulfone groups is 1. The van der Waals surface area contributed by atoms with E-state index in [0.29, 0.717) is 0 Å². The summed E-state index contributed by atoms with van der Waals surface area (Å²) < 4.78 is 68.7. The summed E-state index contributed by atoms with van der Waals surface area (Å²) in [5, 5.41) is 0. The molecule has 0 aliphatic rings. The summed E-state index contributed by atoms with van der Waals surface area (Å²) in [6, 6.07) is 2.46. The maximum absolute atomic E-state index is 11.9. The van der Waals surface area contributed by atoms with Crippen molar-refractivity contribution in [1.29, 1.82) is 0 Å². The van der Waals surface area contributed by atoms with Gasteiger partial charge < -0.3 is 15.5 Å². The fourth-order valence-corrected chi connectivity index (χ4v) is 3.53. The lowest BCUT2D eigenvalue weighted by Crippen LogP contribution is -2.14. The van der Waals surface area contributed by atoms with Crippen LogP contribution in [-0.4, -0.2) is 43.5 Å². The number of anilines is 1. The van der Waals surface area contributed by atoms with Crippen LogP contribution in [0.15, 0.2) is 28.0 Å². The molecule has 0 saturated heterocycles. The highest BCUT2D eigenvalue weighted by atomic mass is 32.2. The van der Waals surface area contributed by atoms with Gasteiger partial charge in [0.25, 0.3) is 10.1 Å². The van der Waals surface area contributed by atoms with E-state index in [-0.39, 0.29) is 0 Å². The minimum absolute atomic E-state index is 0.429. The zero-order chi connectivity index (χ0) is 16.5. The van der Waals surface area contributed by atoms with Crippen molar-refractivity contribution >= 4 is 33.5 Å². The summed E-state index contributed by atoms with van der Waals surface area (Å²) >= 11 is 0. The summed E-state index contributed by atoms with van der Waals surface area (Å²) in [4.78, 5) is 15.9. The largest absolute Gasteiger partial charge is 0.469 e. The number of nitrogen functional groups attached to an aromatic ring is 1. The Balaban J connectivity index is 3.02. The fourth-order valence-electron chi connectivity index (χ4n) is 1.35. The molecule has 0 spiro atoms. The second-order valence-electron chi connectivity index (χ2n) is 3.82. The third kappa shape index (κ3) is 5.36. The molecule has 0 fully saturated rings. The lowest BCUT2D eigenvalue weighted by molar-refractivity contribution is 0.207. The van der Waals surface area contributed by atoms with Gasteiger partial charge in [0, 0.05) is 0 Å². The molecule has 1 aromatic rings. The maximum Gasteiger partial charge on any atom is 0.469 e. The quantitative estimate of drug-likeness (QED) is 0.290. The number of benzene rings is 1. The molecule has 0 heterocycles. The van der Waals surface area contributed by atoms with Crippen molar-refractivity contribution in [3.63, 3.8) is 0 Å². The van der Waals surface area contributed by atoms with Crippen molar-refractivity contribution in [3.8, 4) is 0 Å². The lowest BCUT2D eigenvalue weighted by Gasteiger charge is -2.09. The molecular formula is C8H12NO9PS2. The zero-order valence-corrected chi connectivity index (χ0v) is 12.8. The van der Waals surface area contributed by atoms with E-state index in [2.05, 4.69) is 4.52 Å². The van der Waals surface area contributed by atoms with Crippen LogP contribution in [0.5, 0.6) is 0 Å². The van der Waals surface area contributed by atoms with Gasteiger partial charge in [-0.2, -0.15) is 8.42 Å². The van der Waals surface area contributed by atoms with Crippen molar-refractivity contribution in [2.75, 3.05) is 18.1 Å². The molecule has 0 amide bonds. The average Bonchev–Trinajstić information content (AvgIpc) is 2.24. The molecular weight excluding hydrogens is 349 g/mol. The Hall–Kier alpha value is -1.01. The van der Waals surface area contributed by atoms with Crippen LogP contribution >= 0.6 is 7.82 Å². The Morgan fingerprint density at radius 1 is 1.19 bits per heavy atom. The smallest absolute Gasteiger partial charge is 0.398 e. The maximum atomic E-state index is 11.9. The summed E-state index contributed by atoms with van der Waals surface area (Å²) in [5.41, 5.74) is 4.98. The average molecular weight is 361 g/mol. The van der Waals surface area contributed by atoms with Gasteiger partial charge in [-0.3, -0.25) is 9.08 Å². The second kappa shape index (κ2) is 6.01. The standard InChI is InChI=1S/C8H12NO9PS2/c9-7-5-6(21(15,16)17)1-2-8(7)20(13,14)4-3-18-19(10,11)12/h1-2,5H,3-4,9H2,(H2,10,11,12)(H,15,16,17). The van der Waals surface area contributed by atoms with Gasteiger partial charge >= 0.3 is 7.82 Å². The summed E-state index contributed by atoms with van der Waals surface area (Å²) in [6.45, 7) is -0.772. The highest BCUT2D eigenvalue weighted by molar-refractivity contribution is 7.91. The third-order valence-electron chi connectivity index (χ3n) is 2.23. The topological polar surface area (TPSA) is 181 Å². The fraction of sp³-hybridized carbons (Fsp3) is 0.250. The molecule has 1 rings (SSSR count). The predicted molar refractivity (Wildman–Crippen MR) is 70.7 cm³/mol. The Labute approximate surface area is 120 Å². The molecule has 5 N–H and O–H groups in total. The number of hydrogen-bond donors (Lipinski definition) is 4. The molecule has 13 heteroatoms. The number of phosphoric ester groups is 1. The number of hydrogen-bond acceptors (Lipinski definition) is 7. The Morgan fingerprint density at radius 3 is 2.19 bits per heavy atom. The molecule has 0 aromatic heterocycles. The van der Waals surface area contributed by atoms with E-state index < -0.39 is 55.6 Å². The number of phosphoric acid groups is 1. The molecule has 0 aliphatic heterocycles. The van der Waals surface area contributed by atoms with Gasteiger partial charge in [-0.05, 0) is 18.2 Å². The van der Waals surface area contributed by atoms with Gasteiger partial charge in [0.2, 0.25) is 0 Å². The van der Waals surface area contributed by atoms with E-state index in [0.717, 1.165) is 18.2 Å². The first-order chi connectivity index (χ1) is 9.33. The molecule has 1 aromatic carbocycles. The van der Waals surface area contributed by atoms with Gasteiger partial charge in [0.15, 0.2) is 9.84 Å². The van der Waals surface area contributed by atoms with E-state index >= 15 is 0 Å². The Morgan fingerprint density at radius 2 is 1.76 bits per heavy atom. The van der Waals surface area contributed by atoms with E-state index in [1.54, 1.807) is 0 Å². The monoisotopic (exact) mass is 361 g/mol. The second-order valence-corrected chi connectivity index (χ2v) is 8.56. The van der Waals surface area contributed by atoms with Crippen molar-refractivity contribution in [3.05, 3.63) is 18.2 Å². The van der Waals surface area contributed by atoms with Gasteiger partial charge in [-0.15, -0.1) is 0 Å². The van der Waals surface area contributed by atoms with Gasteiger partial charge in [0.1, 0.15) is 0 Å². The number of nitrogens with two attached hydrogens (primary N) is 1.